The van der Waals surface area contributed by atoms with Crippen molar-refractivity contribution in [3.8, 4) is 10.6 Å². The molecule has 4 nitrogen and oxygen atoms in total. The van der Waals surface area contributed by atoms with E-state index in [9.17, 15) is 0 Å². The summed E-state index contributed by atoms with van der Waals surface area (Å²) in [5.41, 5.74) is 3.58. The molecule has 26 heavy (non-hydrogen) atoms. The summed E-state index contributed by atoms with van der Waals surface area (Å²) in [6, 6.07) is 8.52. The first kappa shape index (κ1) is 17.7. The molecule has 3 aromatic rings. The molecule has 0 aliphatic heterocycles. The van der Waals surface area contributed by atoms with Gasteiger partial charge in [0.25, 0.3) is 0 Å². The van der Waals surface area contributed by atoms with Crippen LogP contribution in [0, 0.1) is 6.92 Å². The lowest BCUT2D eigenvalue weighted by molar-refractivity contribution is 0.418. The van der Waals surface area contributed by atoms with Crippen LogP contribution in [0.5, 0.6) is 0 Å². The minimum atomic E-state index is 0.586. The summed E-state index contributed by atoms with van der Waals surface area (Å²) in [7, 11) is 2.10. The van der Waals surface area contributed by atoms with Crippen LogP contribution in [0.15, 0.2) is 34.8 Å². The van der Waals surface area contributed by atoms with Gasteiger partial charge >= 0.3 is 0 Å². The molecular weight excluding hydrogens is 360 g/mol. The molecule has 0 radical (unpaired) electrons. The average Bonchev–Trinajstić information content (AvgIpc) is 3.28. The van der Waals surface area contributed by atoms with E-state index >= 15 is 0 Å². The number of rotatable bonds is 5. The van der Waals surface area contributed by atoms with Gasteiger partial charge in [0.05, 0.1) is 5.69 Å². The summed E-state index contributed by atoms with van der Waals surface area (Å²) >= 11 is 3.44. The molecule has 136 valence electrons. The summed E-state index contributed by atoms with van der Waals surface area (Å²) in [4.78, 5) is 4.80. The van der Waals surface area contributed by atoms with E-state index in [2.05, 4.69) is 58.4 Å². The lowest BCUT2D eigenvalue weighted by Gasteiger charge is -2.20. The molecule has 2 heterocycles. The Morgan fingerprint density at radius 3 is 2.85 bits per heavy atom. The van der Waals surface area contributed by atoms with Gasteiger partial charge in [0.2, 0.25) is 0 Å². The highest BCUT2D eigenvalue weighted by atomic mass is 32.2. The van der Waals surface area contributed by atoms with Crippen LogP contribution >= 0.6 is 23.1 Å². The van der Waals surface area contributed by atoms with Gasteiger partial charge in [0.1, 0.15) is 10.8 Å². The molecule has 1 aromatic carbocycles. The van der Waals surface area contributed by atoms with Crippen LogP contribution in [0.1, 0.15) is 55.1 Å². The highest BCUT2D eigenvalue weighted by Crippen LogP contribution is 2.33. The highest BCUT2D eigenvalue weighted by molar-refractivity contribution is 7.98. The number of hydrogen-bond donors (Lipinski definition) is 0. The zero-order chi connectivity index (χ0) is 17.9. The van der Waals surface area contributed by atoms with Crippen molar-refractivity contribution in [1.29, 1.82) is 0 Å². The van der Waals surface area contributed by atoms with Crippen molar-refractivity contribution >= 4 is 23.1 Å². The maximum atomic E-state index is 4.80. The number of nitrogens with zero attached hydrogens (tertiary/aromatic N) is 4. The van der Waals surface area contributed by atoms with Crippen molar-refractivity contribution in [2.75, 3.05) is 0 Å². The number of aromatic nitrogens is 4. The van der Waals surface area contributed by atoms with Crippen molar-refractivity contribution in [1.82, 2.24) is 19.7 Å². The highest BCUT2D eigenvalue weighted by Gasteiger charge is 2.22. The van der Waals surface area contributed by atoms with Crippen molar-refractivity contribution < 1.29 is 0 Å². The molecule has 0 bridgehead atoms. The fraction of sp³-hybridized carbons (Fsp3) is 0.450. The third kappa shape index (κ3) is 3.86. The third-order valence-corrected chi connectivity index (χ3v) is 7.00. The molecule has 1 aliphatic rings. The second kappa shape index (κ2) is 7.92. The normalized spacial score (nSPS) is 15.5. The van der Waals surface area contributed by atoms with Gasteiger partial charge in [-0.25, -0.2) is 4.98 Å². The fourth-order valence-corrected chi connectivity index (χ4v) is 5.32. The van der Waals surface area contributed by atoms with Gasteiger partial charge in [-0.15, -0.1) is 21.5 Å². The Hall–Kier alpha value is -1.66. The van der Waals surface area contributed by atoms with Gasteiger partial charge in [0, 0.05) is 29.7 Å². The quantitative estimate of drug-likeness (QED) is 0.538. The molecule has 2 aromatic heterocycles. The fourth-order valence-electron chi connectivity index (χ4n) is 3.59. The van der Waals surface area contributed by atoms with Crippen LogP contribution in [0.4, 0.5) is 0 Å². The standard InChI is InChI=1S/C20H24N4S2/c1-14-7-6-10-16(11-14)19-21-17(12-25-19)13-26-20-23-22-18(24(20)2)15-8-4-3-5-9-15/h6-7,10-12,15H,3-5,8-9,13H2,1-2H3. The average molecular weight is 385 g/mol. The molecule has 1 aliphatic carbocycles. The summed E-state index contributed by atoms with van der Waals surface area (Å²) in [5, 5.41) is 13.2. The molecule has 4 rings (SSSR count). The molecule has 0 spiro atoms. The number of thioether (sulfide) groups is 1. The predicted octanol–water partition coefficient (Wildman–Crippen LogP) is 5.59. The number of thiazole rings is 1. The van der Waals surface area contributed by atoms with Crippen molar-refractivity contribution in [3.63, 3.8) is 0 Å². The Kier molecular flexibility index (Phi) is 5.41. The van der Waals surface area contributed by atoms with E-state index in [1.165, 1.54) is 43.2 Å². The molecule has 0 amide bonds. The minimum absolute atomic E-state index is 0.586. The van der Waals surface area contributed by atoms with E-state index in [4.69, 9.17) is 4.98 Å². The maximum absolute atomic E-state index is 4.80. The summed E-state index contributed by atoms with van der Waals surface area (Å²) in [5.74, 6) is 2.58. The first-order valence-corrected chi connectivity index (χ1v) is 11.1. The predicted molar refractivity (Wildman–Crippen MR) is 109 cm³/mol. The van der Waals surface area contributed by atoms with Crippen molar-refractivity contribution in [2.45, 2.75) is 55.9 Å². The van der Waals surface area contributed by atoms with Gasteiger partial charge in [-0.05, 0) is 25.8 Å². The largest absolute Gasteiger partial charge is 0.309 e. The van der Waals surface area contributed by atoms with Gasteiger partial charge < -0.3 is 4.57 Å². The van der Waals surface area contributed by atoms with Crippen LogP contribution < -0.4 is 0 Å². The lowest BCUT2D eigenvalue weighted by atomic mass is 9.89. The van der Waals surface area contributed by atoms with Gasteiger partial charge in [0.15, 0.2) is 5.16 Å². The van der Waals surface area contributed by atoms with E-state index < -0.39 is 0 Å². The van der Waals surface area contributed by atoms with Gasteiger partial charge in [-0.2, -0.15) is 0 Å². The Labute approximate surface area is 163 Å². The van der Waals surface area contributed by atoms with Gasteiger partial charge in [-0.3, -0.25) is 0 Å². The second-order valence-corrected chi connectivity index (χ2v) is 8.84. The molecule has 0 saturated heterocycles. The molecule has 1 saturated carbocycles. The molecule has 1 fully saturated rings. The molecule has 0 unspecified atom stereocenters. The van der Waals surface area contributed by atoms with Crippen LogP contribution in [-0.4, -0.2) is 19.7 Å². The van der Waals surface area contributed by atoms with Crippen LogP contribution in [-0.2, 0) is 12.8 Å². The number of hydrogen-bond acceptors (Lipinski definition) is 5. The van der Waals surface area contributed by atoms with E-state index in [1.807, 2.05) is 0 Å². The topological polar surface area (TPSA) is 43.6 Å². The van der Waals surface area contributed by atoms with Crippen LogP contribution in [0.25, 0.3) is 10.6 Å². The zero-order valence-electron chi connectivity index (χ0n) is 15.3. The smallest absolute Gasteiger partial charge is 0.191 e. The van der Waals surface area contributed by atoms with Crippen molar-refractivity contribution in [2.24, 2.45) is 7.05 Å². The Morgan fingerprint density at radius 1 is 1.19 bits per heavy atom. The molecular formula is C20H24N4S2. The first-order chi connectivity index (χ1) is 12.7. The maximum Gasteiger partial charge on any atom is 0.191 e. The number of aryl methyl sites for hydroxylation is 1. The Balaban J connectivity index is 1.42. The van der Waals surface area contributed by atoms with Crippen molar-refractivity contribution in [3.05, 3.63) is 46.7 Å². The molecule has 0 N–H and O–H groups in total. The van der Waals surface area contributed by atoms with Gasteiger partial charge in [-0.1, -0.05) is 54.8 Å². The second-order valence-electron chi connectivity index (χ2n) is 7.04. The van der Waals surface area contributed by atoms with E-state index in [1.54, 1.807) is 23.1 Å². The van der Waals surface area contributed by atoms with Crippen LogP contribution in [0.3, 0.4) is 0 Å². The Bertz CT molecular complexity index is 878. The Morgan fingerprint density at radius 2 is 2.04 bits per heavy atom. The summed E-state index contributed by atoms with van der Waals surface area (Å²) in [6.07, 6.45) is 6.51. The number of benzene rings is 1. The zero-order valence-corrected chi connectivity index (χ0v) is 16.9. The van der Waals surface area contributed by atoms with E-state index in [-0.39, 0.29) is 0 Å². The van der Waals surface area contributed by atoms with E-state index in [0.29, 0.717) is 5.92 Å². The molecule has 0 atom stereocenters. The minimum Gasteiger partial charge on any atom is -0.309 e. The van der Waals surface area contributed by atoms with Crippen LogP contribution in [0.2, 0.25) is 0 Å². The lowest BCUT2D eigenvalue weighted by Crippen LogP contribution is -2.10. The monoisotopic (exact) mass is 384 g/mol. The van der Waals surface area contributed by atoms with E-state index in [0.717, 1.165) is 27.4 Å². The summed E-state index contributed by atoms with van der Waals surface area (Å²) < 4.78 is 2.19. The first-order valence-electron chi connectivity index (χ1n) is 9.24. The third-order valence-electron chi connectivity index (χ3n) is 5.00. The SMILES string of the molecule is Cc1cccc(-c2nc(CSc3nnc(C4CCCCC4)n3C)cs2)c1. The summed E-state index contributed by atoms with van der Waals surface area (Å²) in [6.45, 7) is 2.12. The molecule has 6 heteroatoms.